The van der Waals surface area contributed by atoms with Gasteiger partial charge in [-0.15, -0.1) is 0 Å². The van der Waals surface area contributed by atoms with Crippen LogP contribution in [-0.4, -0.2) is 24.9 Å². The Morgan fingerprint density at radius 1 is 0.291 bits per heavy atom. The first-order valence-corrected chi connectivity index (χ1v) is 18.5. The van der Waals surface area contributed by atoms with Gasteiger partial charge in [0.1, 0.15) is 0 Å². The number of fused-ring (bicyclic) bond motifs is 12. The molecule has 5 nitrogen and oxygen atoms in total. The van der Waals surface area contributed by atoms with Crippen LogP contribution in [-0.2, 0) is 5.41 Å². The van der Waals surface area contributed by atoms with Crippen molar-refractivity contribution in [3.8, 4) is 78.4 Å². The summed E-state index contributed by atoms with van der Waals surface area (Å²) in [4.78, 5) is 23.9. The lowest BCUT2D eigenvalue weighted by molar-refractivity contribution is 0.775. The second-order valence-electron chi connectivity index (χ2n) is 14.1. The van der Waals surface area contributed by atoms with Gasteiger partial charge in [-0.25, -0.2) is 19.9 Å². The number of hydrogen-bond acceptors (Lipinski definition) is 5. The summed E-state index contributed by atoms with van der Waals surface area (Å²) >= 11 is 0. The molecule has 55 heavy (non-hydrogen) atoms. The predicted octanol–water partition coefficient (Wildman–Crippen LogP) is 11.3. The molecule has 11 rings (SSSR count). The third-order valence-corrected chi connectivity index (χ3v) is 11.2. The third-order valence-electron chi connectivity index (χ3n) is 11.2. The van der Waals surface area contributed by atoms with Crippen molar-refractivity contribution in [1.29, 1.82) is 0 Å². The highest BCUT2D eigenvalue weighted by atomic mass is 14.9. The van der Waals surface area contributed by atoms with Crippen molar-refractivity contribution >= 4 is 0 Å². The molecule has 2 aliphatic carbocycles. The highest BCUT2D eigenvalue weighted by molar-refractivity contribution is 5.98. The molecule has 3 heterocycles. The van der Waals surface area contributed by atoms with Gasteiger partial charge in [0.15, 0.2) is 11.6 Å². The van der Waals surface area contributed by atoms with Crippen LogP contribution in [0.2, 0.25) is 0 Å². The van der Waals surface area contributed by atoms with Crippen molar-refractivity contribution in [3.05, 3.63) is 211 Å². The fraction of sp³-hybridized carbons (Fsp3) is 0.0200. The first-order chi connectivity index (χ1) is 27.3. The molecule has 0 fully saturated rings. The zero-order chi connectivity index (χ0) is 36.3. The van der Waals surface area contributed by atoms with E-state index in [9.17, 15) is 0 Å². The van der Waals surface area contributed by atoms with Gasteiger partial charge in [0, 0.05) is 59.4 Å². The number of aromatic nitrogens is 5. The molecule has 256 valence electrons. The fourth-order valence-corrected chi connectivity index (χ4v) is 8.80. The Hall–Kier alpha value is -7.37. The molecule has 3 aromatic heterocycles. The van der Waals surface area contributed by atoms with Crippen LogP contribution in [0.25, 0.3) is 78.4 Å². The van der Waals surface area contributed by atoms with Gasteiger partial charge in [-0.2, -0.15) is 0 Å². The molecule has 0 N–H and O–H groups in total. The quantitative estimate of drug-likeness (QED) is 0.183. The first-order valence-electron chi connectivity index (χ1n) is 18.5. The molecule has 1 spiro atoms. The smallest absolute Gasteiger partial charge is 0.159 e. The Morgan fingerprint density at radius 2 is 0.691 bits per heavy atom. The molecule has 0 aliphatic heterocycles. The van der Waals surface area contributed by atoms with Crippen LogP contribution in [0.15, 0.2) is 189 Å². The summed E-state index contributed by atoms with van der Waals surface area (Å²) < 4.78 is 0. The summed E-state index contributed by atoms with van der Waals surface area (Å²) in [5.41, 5.74) is 17.4. The van der Waals surface area contributed by atoms with E-state index in [2.05, 4.69) is 126 Å². The molecule has 0 amide bonds. The Bertz CT molecular complexity index is 2700. The summed E-state index contributed by atoms with van der Waals surface area (Å²) in [6, 6.07) is 54.4. The minimum atomic E-state index is -0.677. The van der Waals surface area contributed by atoms with E-state index in [4.69, 9.17) is 19.9 Å². The van der Waals surface area contributed by atoms with E-state index in [0.29, 0.717) is 11.6 Å². The zero-order valence-corrected chi connectivity index (χ0v) is 29.6. The number of hydrogen-bond donors (Lipinski definition) is 0. The molecular weight excluding hydrogens is 671 g/mol. The van der Waals surface area contributed by atoms with Crippen LogP contribution < -0.4 is 0 Å². The Balaban J connectivity index is 1.19. The van der Waals surface area contributed by atoms with E-state index in [1.165, 1.54) is 55.6 Å². The van der Waals surface area contributed by atoms with Crippen LogP contribution in [0.1, 0.15) is 22.3 Å². The molecule has 0 atom stereocenters. The lowest BCUT2D eigenvalue weighted by Gasteiger charge is -2.36. The molecule has 2 aliphatic rings. The van der Waals surface area contributed by atoms with Crippen molar-refractivity contribution in [2.45, 2.75) is 5.41 Å². The van der Waals surface area contributed by atoms with E-state index in [0.717, 1.165) is 33.4 Å². The predicted molar refractivity (Wildman–Crippen MR) is 219 cm³/mol. The summed E-state index contributed by atoms with van der Waals surface area (Å²) in [6.07, 6.45) is 11.2. The second-order valence-corrected chi connectivity index (χ2v) is 14.1. The number of nitrogens with zero attached hydrogens (tertiary/aromatic N) is 5. The average Bonchev–Trinajstić information content (AvgIpc) is 3.52. The lowest BCUT2D eigenvalue weighted by Crippen LogP contribution is -2.29. The van der Waals surface area contributed by atoms with Gasteiger partial charge >= 0.3 is 0 Å². The molecule has 0 unspecified atom stereocenters. The Kier molecular flexibility index (Phi) is 7.01. The van der Waals surface area contributed by atoms with Gasteiger partial charge in [-0.1, -0.05) is 127 Å². The van der Waals surface area contributed by atoms with Gasteiger partial charge < -0.3 is 0 Å². The molecule has 0 saturated heterocycles. The van der Waals surface area contributed by atoms with Gasteiger partial charge in [-0.3, -0.25) is 4.98 Å². The lowest BCUT2D eigenvalue weighted by atomic mass is 9.65. The molecule has 6 aromatic carbocycles. The summed E-state index contributed by atoms with van der Waals surface area (Å²) in [5, 5.41) is 0. The largest absolute Gasteiger partial charge is 0.265 e. The van der Waals surface area contributed by atoms with Crippen molar-refractivity contribution in [2.75, 3.05) is 0 Å². The summed E-state index contributed by atoms with van der Waals surface area (Å²) in [7, 11) is 0. The van der Waals surface area contributed by atoms with Crippen LogP contribution in [0, 0.1) is 0 Å². The van der Waals surface area contributed by atoms with Gasteiger partial charge in [0.05, 0.1) is 5.41 Å². The molecule has 0 saturated carbocycles. The van der Waals surface area contributed by atoms with Crippen LogP contribution in [0.4, 0.5) is 0 Å². The van der Waals surface area contributed by atoms with Crippen LogP contribution in [0.5, 0.6) is 0 Å². The molecule has 0 bridgehead atoms. The van der Waals surface area contributed by atoms with Crippen molar-refractivity contribution in [3.63, 3.8) is 0 Å². The topological polar surface area (TPSA) is 64.5 Å². The number of rotatable bonds is 4. The number of pyridine rings is 1. The van der Waals surface area contributed by atoms with E-state index >= 15 is 0 Å². The van der Waals surface area contributed by atoms with E-state index in [1.54, 1.807) is 12.4 Å². The maximum absolute atomic E-state index is 4.94. The van der Waals surface area contributed by atoms with E-state index in [-0.39, 0.29) is 0 Å². The van der Waals surface area contributed by atoms with Gasteiger partial charge in [-0.05, 0) is 91.0 Å². The maximum Gasteiger partial charge on any atom is 0.159 e. The third kappa shape index (κ3) is 4.76. The normalized spacial score (nSPS) is 12.9. The minimum absolute atomic E-state index is 0.675. The highest BCUT2D eigenvalue weighted by Crippen LogP contribution is 2.62. The highest BCUT2D eigenvalue weighted by Gasteiger charge is 2.50. The Labute approximate surface area is 318 Å². The summed E-state index contributed by atoms with van der Waals surface area (Å²) in [5.74, 6) is 1.36. The monoisotopic (exact) mass is 701 g/mol. The maximum atomic E-state index is 4.94. The van der Waals surface area contributed by atoms with Crippen molar-refractivity contribution < 1.29 is 0 Å². The molecular formula is C50H31N5. The SMILES string of the molecule is c1ccc(-c2cnc(-c3ccc4c(c3)C3(c5cc(-c6ncc(-c7ccncc7)cn6)ccc5-c5ccccc5-4)c4ccccc4-c4ccccc43)nc2)cc1. The van der Waals surface area contributed by atoms with Gasteiger partial charge in [0.25, 0.3) is 0 Å². The van der Waals surface area contributed by atoms with Gasteiger partial charge in [0.2, 0.25) is 0 Å². The fourth-order valence-electron chi connectivity index (χ4n) is 8.80. The average molecular weight is 702 g/mol. The van der Waals surface area contributed by atoms with Crippen LogP contribution in [0.3, 0.4) is 0 Å². The first kappa shape index (κ1) is 31.2. The minimum Gasteiger partial charge on any atom is -0.265 e. The molecule has 9 aromatic rings. The molecule has 5 heteroatoms. The summed E-state index contributed by atoms with van der Waals surface area (Å²) in [6.45, 7) is 0. The zero-order valence-electron chi connectivity index (χ0n) is 29.6. The van der Waals surface area contributed by atoms with Crippen LogP contribution >= 0.6 is 0 Å². The van der Waals surface area contributed by atoms with E-state index in [1.807, 2.05) is 55.1 Å². The number of benzene rings is 6. The Morgan fingerprint density at radius 3 is 1.18 bits per heavy atom. The molecule has 0 radical (unpaired) electrons. The second kappa shape index (κ2) is 12.4. The standard InChI is InChI=1S/C50H31N5/c1-2-10-32(11-3-1)36-28-52-48(53-29-36)34-18-20-42-38-12-4-5-13-39(38)43-21-19-35(49-54-30-37(31-55-49)33-22-24-51-25-23-33)27-47(43)50(46(42)26-34)44-16-8-6-14-40(44)41-15-7-9-17-45(41)50/h1-31H. The van der Waals surface area contributed by atoms with Crippen molar-refractivity contribution in [1.82, 2.24) is 24.9 Å². The van der Waals surface area contributed by atoms with E-state index < -0.39 is 5.41 Å². The van der Waals surface area contributed by atoms with Crippen molar-refractivity contribution in [2.24, 2.45) is 0 Å².